The van der Waals surface area contributed by atoms with Crippen molar-refractivity contribution in [1.29, 1.82) is 0 Å². The quantitative estimate of drug-likeness (QED) is 0.816. The number of hydrogen-bond donors (Lipinski definition) is 1. The van der Waals surface area contributed by atoms with E-state index in [0.29, 0.717) is 6.04 Å². The molecule has 1 aromatic heterocycles. The van der Waals surface area contributed by atoms with Crippen molar-refractivity contribution in [3.8, 4) is 0 Å². The molecule has 21 heavy (non-hydrogen) atoms. The third-order valence-electron chi connectivity index (χ3n) is 3.64. The Labute approximate surface area is 136 Å². The van der Waals surface area contributed by atoms with Crippen molar-refractivity contribution in [3.63, 3.8) is 0 Å². The van der Waals surface area contributed by atoms with Gasteiger partial charge in [-0.2, -0.15) is 0 Å². The van der Waals surface area contributed by atoms with E-state index in [1.54, 1.807) is 0 Å². The van der Waals surface area contributed by atoms with Gasteiger partial charge in [0.25, 0.3) is 0 Å². The molecule has 1 heterocycles. The van der Waals surface area contributed by atoms with E-state index in [1.165, 1.54) is 22.3 Å². The van der Waals surface area contributed by atoms with Crippen LogP contribution in [-0.2, 0) is 6.42 Å². The lowest BCUT2D eigenvalue weighted by atomic mass is 9.94. The number of pyridine rings is 1. The Morgan fingerprint density at radius 3 is 2.67 bits per heavy atom. The normalized spacial score (nSPS) is 12.4. The second kappa shape index (κ2) is 7.71. The molecule has 0 radical (unpaired) electrons. The SMILES string of the molecule is CCCNC(Cc1cncc(Br)c1)c1ccc(C)cc1C. The molecule has 2 aromatic rings. The Morgan fingerprint density at radius 1 is 1.19 bits per heavy atom. The molecule has 2 rings (SSSR count). The zero-order chi connectivity index (χ0) is 15.2. The summed E-state index contributed by atoms with van der Waals surface area (Å²) < 4.78 is 1.04. The maximum absolute atomic E-state index is 4.27. The number of benzene rings is 1. The van der Waals surface area contributed by atoms with E-state index < -0.39 is 0 Å². The standard InChI is InChI=1S/C18H23BrN2/c1-4-7-21-18(10-15-9-16(19)12-20-11-15)17-6-5-13(2)8-14(17)3/h5-6,8-9,11-12,18,21H,4,7,10H2,1-3H3. The van der Waals surface area contributed by atoms with Crippen LogP contribution in [0.1, 0.15) is 41.6 Å². The average molecular weight is 347 g/mol. The third kappa shape index (κ3) is 4.65. The summed E-state index contributed by atoms with van der Waals surface area (Å²) in [5.41, 5.74) is 5.30. The van der Waals surface area contributed by atoms with Gasteiger partial charge in [-0.3, -0.25) is 4.98 Å². The Bertz CT molecular complexity index is 596. The molecule has 1 unspecified atom stereocenters. The van der Waals surface area contributed by atoms with E-state index >= 15 is 0 Å². The summed E-state index contributed by atoms with van der Waals surface area (Å²) in [6.07, 6.45) is 5.87. The van der Waals surface area contributed by atoms with Gasteiger partial charge >= 0.3 is 0 Å². The fourth-order valence-electron chi connectivity index (χ4n) is 2.63. The van der Waals surface area contributed by atoms with E-state index in [0.717, 1.165) is 23.9 Å². The highest BCUT2D eigenvalue weighted by Crippen LogP contribution is 2.23. The van der Waals surface area contributed by atoms with Crippen LogP contribution < -0.4 is 5.32 Å². The summed E-state index contributed by atoms with van der Waals surface area (Å²) in [4.78, 5) is 4.27. The van der Waals surface area contributed by atoms with Gasteiger partial charge in [-0.05, 0) is 71.9 Å². The topological polar surface area (TPSA) is 24.9 Å². The highest BCUT2D eigenvalue weighted by molar-refractivity contribution is 9.10. The zero-order valence-corrected chi connectivity index (χ0v) is 14.6. The molecule has 0 saturated heterocycles. The lowest BCUT2D eigenvalue weighted by molar-refractivity contribution is 0.526. The minimum absolute atomic E-state index is 0.335. The van der Waals surface area contributed by atoms with Gasteiger partial charge in [0, 0.05) is 22.9 Å². The fourth-order valence-corrected chi connectivity index (χ4v) is 3.04. The number of hydrogen-bond acceptors (Lipinski definition) is 2. The van der Waals surface area contributed by atoms with Gasteiger partial charge in [-0.25, -0.2) is 0 Å². The van der Waals surface area contributed by atoms with Crippen LogP contribution in [0, 0.1) is 13.8 Å². The maximum atomic E-state index is 4.27. The van der Waals surface area contributed by atoms with Crippen LogP contribution in [-0.4, -0.2) is 11.5 Å². The molecule has 3 heteroatoms. The van der Waals surface area contributed by atoms with Crippen LogP contribution in [0.2, 0.25) is 0 Å². The Balaban J connectivity index is 2.25. The highest BCUT2D eigenvalue weighted by atomic mass is 79.9. The second-order valence-corrected chi connectivity index (χ2v) is 6.50. The number of aromatic nitrogens is 1. The van der Waals surface area contributed by atoms with Crippen LogP contribution in [0.5, 0.6) is 0 Å². The Hall–Kier alpha value is -1.19. The van der Waals surface area contributed by atoms with Gasteiger partial charge in [0.15, 0.2) is 0 Å². The maximum Gasteiger partial charge on any atom is 0.0410 e. The van der Waals surface area contributed by atoms with Crippen molar-refractivity contribution in [3.05, 3.63) is 63.4 Å². The van der Waals surface area contributed by atoms with Crippen LogP contribution in [0.4, 0.5) is 0 Å². The first kappa shape index (κ1) is 16.2. The van der Waals surface area contributed by atoms with Crippen molar-refractivity contribution >= 4 is 15.9 Å². The van der Waals surface area contributed by atoms with E-state index in [2.05, 4.69) is 71.3 Å². The van der Waals surface area contributed by atoms with Crippen LogP contribution in [0.25, 0.3) is 0 Å². The highest BCUT2D eigenvalue weighted by Gasteiger charge is 2.14. The molecule has 0 aliphatic rings. The summed E-state index contributed by atoms with van der Waals surface area (Å²) in [7, 11) is 0. The van der Waals surface area contributed by atoms with Crippen molar-refractivity contribution in [2.75, 3.05) is 6.54 Å². The van der Waals surface area contributed by atoms with Gasteiger partial charge in [-0.15, -0.1) is 0 Å². The smallest absolute Gasteiger partial charge is 0.0410 e. The van der Waals surface area contributed by atoms with Crippen molar-refractivity contribution in [2.45, 2.75) is 39.7 Å². The van der Waals surface area contributed by atoms with Crippen molar-refractivity contribution in [2.24, 2.45) is 0 Å². The number of nitrogens with one attached hydrogen (secondary N) is 1. The third-order valence-corrected chi connectivity index (χ3v) is 4.08. The van der Waals surface area contributed by atoms with Gasteiger partial charge in [0.1, 0.15) is 0 Å². The molecular weight excluding hydrogens is 324 g/mol. The second-order valence-electron chi connectivity index (χ2n) is 5.58. The molecule has 0 spiro atoms. The lowest BCUT2D eigenvalue weighted by Gasteiger charge is -2.21. The molecule has 112 valence electrons. The van der Waals surface area contributed by atoms with Crippen LogP contribution in [0.3, 0.4) is 0 Å². The van der Waals surface area contributed by atoms with E-state index in [4.69, 9.17) is 0 Å². The van der Waals surface area contributed by atoms with Crippen LogP contribution >= 0.6 is 15.9 Å². The Morgan fingerprint density at radius 2 is 2.00 bits per heavy atom. The number of halogens is 1. The number of aryl methyl sites for hydroxylation is 2. The molecule has 0 aliphatic carbocycles. The first-order chi connectivity index (χ1) is 10.1. The molecule has 0 fully saturated rings. The van der Waals surface area contributed by atoms with Gasteiger partial charge in [0.2, 0.25) is 0 Å². The molecule has 1 N–H and O–H groups in total. The number of rotatable bonds is 6. The fraction of sp³-hybridized carbons (Fsp3) is 0.389. The van der Waals surface area contributed by atoms with Gasteiger partial charge in [-0.1, -0.05) is 30.7 Å². The monoisotopic (exact) mass is 346 g/mol. The first-order valence-electron chi connectivity index (χ1n) is 7.50. The van der Waals surface area contributed by atoms with E-state index in [9.17, 15) is 0 Å². The molecule has 0 amide bonds. The van der Waals surface area contributed by atoms with Crippen molar-refractivity contribution < 1.29 is 0 Å². The van der Waals surface area contributed by atoms with E-state index in [1.807, 2.05) is 12.4 Å². The molecule has 2 nitrogen and oxygen atoms in total. The average Bonchev–Trinajstić information content (AvgIpc) is 2.44. The lowest BCUT2D eigenvalue weighted by Crippen LogP contribution is -2.25. The molecule has 0 saturated carbocycles. The molecule has 0 aliphatic heterocycles. The molecule has 1 aromatic carbocycles. The minimum Gasteiger partial charge on any atom is -0.310 e. The number of nitrogens with zero attached hydrogens (tertiary/aromatic N) is 1. The van der Waals surface area contributed by atoms with Crippen LogP contribution in [0.15, 0.2) is 41.1 Å². The Kier molecular flexibility index (Phi) is 5.95. The van der Waals surface area contributed by atoms with Crippen molar-refractivity contribution in [1.82, 2.24) is 10.3 Å². The predicted octanol–water partition coefficient (Wildman–Crippen LogP) is 4.74. The van der Waals surface area contributed by atoms with E-state index in [-0.39, 0.29) is 0 Å². The summed E-state index contributed by atoms with van der Waals surface area (Å²) in [6, 6.07) is 9.19. The van der Waals surface area contributed by atoms with Gasteiger partial charge in [0.05, 0.1) is 0 Å². The largest absolute Gasteiger partial charge is 0.310 e. The predicted molar refractivity (Wildman–Crippen MR) is 92.6 cm³/mol. The minimum atomic E-state index is 0.335. The molecular formula is C18H23BrN2. The summed E-state index contributed by atoms with van der Waals surface area (Å²) in [5, 5.41) is 3.67. The van der Waals surface area contributed by atoms with Gasteiger partial charge < -0.3 is 5.32 Å². The summed E-state index contributed by atoms with van der Waals surface area (Å²) in [6.45, 7) is 7.57. The molecule has 0 bridgehead atoms. The zero-order valence-electron chi connectivity index (χ0n) is 13.0. The summed E-state index contributed by atoms with van der Waals surface area (Å²) >= 11 is 3.50. The summed E-state index contributed by atoms with van der Waals surface area (Å²) in [5.74, 6) is 0. The molecule has 1 atom stereocenters. The first-order valence-corrected chi connectivity index (χ1v) is 8.29.